The second-order valence-electron chi connectivity index (χ2n) is 10.5. The predicted octanol–water partition coefficient (Wildman–Crippen LogP) is 5.26. The number of ketones is 1. The van der Waals surface area contributed by atoms with E-state index in [1.54, 1.807) is 16.8 Å². The highest BCUT2D eigenvalue weighted by Crippen LogP contribution is 2.54. The fourth-order valence-corrected chi connectivity index (χ4v) is 8.53. The molecule has 0 radical (unpaired) electrons. The molecule has 0 spiro atoms. The Morgan fingerprint density at radius 1 is 0.861 bits per heavy atom. The number of alkyl halides is 2. The van der Waals surface area contributed by atoms with Gasteiger partial charge in [0.15, 0.2) is 0 Å². The monoisotopic (exact) mass is 551 g/mol. The van der Waals surface area contributed by atoms with Crippen molar-refractivity contribution in [2.45, 2.75) is 20.0 Å². The van der Waals surface area contributed by atoms with Crippen molar-refractivity contribution in [2.24, 2.45) is 10.8 Å². The first-order chi connectivity index (χ1) is 17.2. The van der Waals surface area contributed by atoms with E-state index in [4.69, 9.17) is 32.2 Å². The van der Waals surface area contributed by atoms with Crippen LogP contribution in [0.4, 0.5) is 0 Å². The molecule has 10 heteroatoms. The number of nitrogens with zero attached hydrogens (tertiary/aromatic N) is 3. The molecule has 4 bridgehead atoms. The fourth-order valence-electron chi connectivity index (χ4n) is 6.15. The Bertz CT molecular complexity index is 1100. The predicted molar refractivity (Wildman–Crippen MR) is 142 cm³/mol. The van der Waals surface area contributed by atoms with E-state index in [-0.39, 0.29) is 28.8 Å². The van der Waals surface area contributed by atoms with Gasteiger partial charge in [-0.2, -0.15) is 4.67 Å². The smallest absolute Gasteiger partial charge is 0.404 e. The standard InChI is InChI=1S/C26H32Cl2N3O4P/c1-25-16-29-18-26(2,24(25)32)19-30(17-25)23(29)20-8-10-22(11-9-20)35-36(33,31(14-12-27)15-13-28)34-21-6-4-3-5-7-21/h3-11,23H,12-19H2,1-2H3. The van der Waals surface area contributed by atoms with E-state index >= 15 is 0 Å². The first kappa shape index (κ1) is 26.0. The van der Waals surface area contributed by atoms with Gasteiger partial charge in [-0.25, -0.2) is 4.57 Å². The van der Waals surface area contributed by atoms with Crippen molar-refractivity contribution in [3.63, 3.8) is 0 Å². The summed E-state index contributed by atoms with van der Waals surface area (Å²) in [6, 6.07) is 16.6. The molecule has 2 aromatic carbocycles. The summed E-state index contributed by atoms with van der Waals surface area (Å²) in [7, 11) is -3.79. The molecule has 4 fully saturated rings. The molecule has 0 aromatic heterocycles. The Kier molecular flexibility index (Phi) is 7.18. The number of halogens is 2. The molecule has 4 saturated heterocycles. The Morgan fingerprint density at radius 3 is 1.81 bits per heavy atom. The van der Waals surface area contributed by atoms with Gasteiger partial charge in [0.25, 0.3) is 0 Å². The minimum Gasteiger partial charge on any atom is -0.404 e. The number of Topliss-reactive ketones (excluding diaryl/α,β-unsaturated/α-hetero) is 1. The lowest BCUT2D eigenvalue weighted by Gasteiger charge is -2.64. The number of rotatable bonds is 10. The molecule has 4 heterocycles. The molecule has 4 aliphatic heterocycles. The van der Waals surface area contributed by atoms with Crippen molar-refractivity contribution in [3.8, 4) is 11.5 Å². The number of hydrogen-bond donors (Lipinski definition) is 0. The highest BCUT2D eigenvalue weighted by atomic mass is 35.5. The molecule has 0 aliphatic carbocycles. The quantitative estimate of drug-likeness (QED) is 0.295. The minimum atomic E-state index is -3.79. The lowest BCUT2D eigenvalue weighted by Crippen LogP contribution is -2.75. The maximum atomic E-state index is 14.0. The summed E-state index contributed by atoms with van der Waals surface area (Å²) in [5.41, 5.74) is 0.513. The summed E-state index contributed by atoms with van der Waals surface area (Å²) in [6.45, 7) is 7.88. The first-order valence-corrected chi connectivity index (χ1v) is 14.8. The Labute approximate surface area is 222 Å². The Morgan fingerprint density at radius 2 is 1.33 bits per heavy atom. The van der Waals surface area contributed by atoms with Crippen LogP contribution < -0.4 is 9.05 Å². The normalized spacial score (nSPS) is 32.5. The van der Waals surface area contributed by atoms with Gasteiger partial charge in [-0.3, -0.25) is 14.6 Å². The van der Waals surface area contributed by atoms with Crippen LogP contribution in [0.3, 0.4) is 0 Å². The molecular formula is C26H32Cl2N3O4P. The van der Waals surface area contributed by atoms with Crippen LogP contribution in [0.15, 0.2) is 54.6 Å². The van der Waals surface area contributed by atoms with Gasteiger partial charge in [0.05, 0.1) is 17.0 Å². The van der Waals surface area contributed by atoms with E-state index in [2.05, 4.69) is 23.6 Å². The Balaban J connectivity index is 1.37. The maximum absolute atomic E-state index is 14.0. The summed E-state index contributed by atoms with van der Waals surface area (Å²) < 4.78 is 27.6. The molecule has 2 aromatic rings. The first-order valence-electron chi connectivity index (χ1n) is 12.2. The van der Waals surface area contributed by atoms with Crippen molar-refractivity contribution in [1.29, 1.82) is 0 Å². The van der Waals surface area contributed by atoms with Crippen molar-refractivity contribution in [1.82, 2.24) is 14.5 Å². The van der Waals surface area contributed by atoms with Crippen molar-refractivity contribution >= 4 is 36.7 Å². The van der Waals surface area contributed by atoms with Crippen LogP contribution >= 0.6 is 30.9 Å². The van der Waals surface area contributed by atoms with Gasteiger partial charge in [0.1, 0.15) is 17.3 Å². The van der Waals surface area contributed by atoms with Crippen LogP contribution in [0.5, 0.6) is 11.5 Å². The average molecular weight is 552 g/mol. The summed E-state index contributed by atoms with van der Waals surface area (Å²) in [4.78, 5) is 17.8. The summed E-state index contributed by atoms with van der Waals surface area (Å²) >= 11 is 12.0. The van der Waals surface area contributed by atoms with E-state index < -0.39 is 7.75 Å². The third-order valence-corrected chi connectivity index (χ3v) is 9.70. The summed E-state index contributed by atoms with van der Waals surface area (Å²) in [5, 5.41) is 0. The zero-order valence-corrected chi connectivity index (χ0v) is 23.0. The zero-order chi connectivity index (χ0) is 25.6. The van der Waals surface area contributed by atoms with Crippen LogP contribution in [0.25, 0.3) is 0 Å². The van der Waals surface area contributed by atoms with Crippen molar-refractivity contribution in [3.05, 3.63) is 60.2 Å². The van der Waals surface area contributed by atoms with Crippen molar-refractivity contribution < 1.29 is 18.4 Å². The third kappa shape index (κ3) is 4.70. The van der Waals surface area contributed by atoms with Crippen LogP contribution in [-0.4, -0.2) is 71.3 Å². The largest absolute Gasteiger partial charge is 0.515 e. The van der Waals surface area contributed by atoms with Crippen LogP contribution in [0.1, 0.15) is 25.6 Å². The van der Waals surface area contributed by atoms with Crippen LogP contribution in [0, 0.1) is 10.8 Å². The molecule has 36 heavy (non-hydrogen) atoms. The molecule has 1 unspecified atom stereocenters. The fraction of sp³-hybridized carbons (Fsp3) is 0.500. The zero-order valence-electron chi connectivity index (χ0n) is 20.6. The molecule has 6 rings (SSSR count). The van der Waals surface area contributed by atoms with Gasteiger partial charge in [-0.05, 0) is 29.8 Å². The molecule has 7 nitrogen and oxygen atoms in total. The SMILES string of the molecule is CC12CN3CC(C)(CN(C1)C3c1ccc(OP(=O)(Oc3ccccc3)N(CCCl)CCCl)cc1)C2=O. The van der Waals surface area contributed by atoms with Gasteiger partial charge in [0.2, 0.25) is 0 Å². The van der Waals surface area contributed by atoms with Gasteiger partial charge in [0, 0.05) is 51.0 Å². The topological polar surface area (TPSA) is 62.3 Å². The van der Waals surface area contributed by atoms with Crippen molar-refractivity contribution in [2.75, 3.05) is 51.0 Å². The summed E-state index contributed by atoms with van der Waals surface area (Å²) in [6.07, 6.45) is 0.115. The van der Waals surface area contributed by atoms with E-state index in [0.717, 1.165) is 31.7 Å². The average Bonchev–Trinajstić information content (AvgIpc) is 2.83. The van der Waals surface area contributed by atoms with Crippen LogP contribution in [-0.2, 0) is 9.36 Å². The summed E-state index contributed by atoms with van der Waals surface area (Å²) in [5.74, 6) is 1.80. The Hall–Kier alpha value is -1.60. The van der Waals surface area contributed by atoms with E-state index in [0.29, 0.717) is 30.4 Å². The van der Waals surface area contributed by atoms with Crippen LogP contribution in [0.2, 0.25) is 0 Å². The number of para-hydroxylation sites is 1. The maximum Gasteiger partial charge on any atom is 0.515 e. The van der Waals surface area contributed by atoms with E-state index in [1.165, 1.54) is 0 Å². The molecule has 1 atom stereocenters. The number of carbonyl (C=O) groups is 1. The highest BCUT2D eigenvalue weighted by molar-refractivity contribution is 7.52. The third-order valence-electron chi connectivity index (χ3n) is 7.39. The molecular weight excluding hydrogens is 520 g/mol. The lowest BCUT2D eigenvalue weighted by atomic mass is 9.62. The van der Waals surface area contributed by atoms with Gasteiger partial charge >= 0.3 is 7.75 Å². The minimum absolute atomic E-state index is 0.115. The second kappa shape index (κ2) is 9.94. The van der Waals surface area contributed by atoms with Gasteiger partial charge < -0.3 is 9.05 Å². The highest BCUT2D eigenvalue weighted by Gasteiger charge is 2.62. The number of benzene rings is 2. The molecule has 0 N–H and O–H groups in total. The molecule has 0 amide bonds. The molecule has 4 aliphatic rings. The molecule has 0 saturated carbocycles. The second-order valence-corrected chi connectivity index (χ2v) is 13.1. The number of hydrogen-bond acceptors (Lipinski definition) is 6. The van der Waals surface area contributed by atoms with Gasteiger partial charge in [-0.15, -0.1) is 23.2 Å². The lowest BCUT2D eigenvalue weighted by molar-refractivity contribution is -0.197. The number of carbonyl (C=O) groups excluding carboxylic acids is 1. The van der Waals surface area contributed by atoms with E-state index in [9.17, 15) is 9.36 Å². The number of piperidine rings is 2. The molecule has 194 valence electrons. The van der Waals surface area contributed by atoms with Gasteiger partial charge in [-0.1, -0.05) is 44.2 Å². The van der Waals surface area contributed by atoms with E-state index in [1.807, 2.05) is 42.5 Å².